The van der Waals surface area contributed by atoms with Gasteiger partial charge in [-0.1, -0.05) is 40.9 Å². The number of pyridine rings is 1. The SMILES string of the molecule is COc1cc(OC)c(Cl)c(N2Cc3cnc(Nc4ccc(N5CCOCC5)cn4)nc3N(C(C)c3cccc(CC(=O)/C=C/C[N+](C)(C)CC4=C([N+](=O)[O-])N=CC4)c3)C2=O)c1. The van der Waals surface area contributed by atoms with Crippen LogP contribution in [-0.2, 0) is 22.5 Å². The number of morpholine rings is 1. The summed E-state index contributed by atoms with van der Waals surface area (Å²) in [6.45, 7) is 5.84. The van der Waals surface area contributed by atoms with Gasteiger partial charge in [0.25, 0.3) is 0 Å². The number of methoxy groups -OCH3 is 2. The highest BCUT2D eigenvalue weighted by molar-refractivity contribution is 6.35. The topological polar surface area (TPSA) is 178 Å². The van der Waals surface area contributed by atoms with Crippen LogP contribution >= 0.6 is 11.6 Å². The fourth-order valence-electron chi connectivity index (χ4n) is 7.54. The van der Waals surface area contributed by atoms with Gasteiger partial charge in [0.05, 0.1) is 83.8 Å². The van der Waals surface area contributed by atoms with Gasteiger partial charge in [-0.2, -0.15) is 4.98 Å². The van der Waals surface area contributed by atoms with Gasteiger partial charge < -0.3 is 39.0 Å². The molecule has 0 radical (unpaired) electrons. The lowest BCUT2D eigenvalue weighted by Crippen LogP contribution is -2.49. The third kappa shape index (κ3) is 9.80. The number of quaternary nitrogens is 1. The van der Waals surface area contributed by atoms with Crippen LogP contribution < -0.4 is 29.5 Å². The zero-order valence-electron chi connectivity index (χ0n) is 34.7. The van der Waals surface area contributed by atoms with Gasteiger partial charge >= 0.3 is 11.9 Å². The van der Waals surface area contributed by atoms with Crippen molar-refractivity contribution in [2.45, 2.75) is 32.4 Å². The number of nitrogens with zero attached hydrogens (tertiary/aromatic N) is 9. The van der Waals surface area contributed by atoms with Gasteiger partial charge in [-0.15, -0.1) is 0 Å². The molecule has 18 heteroatoms. The smallest absolute Gasteiger partial charge is 0.368 e. The standard InChI is InChI=1S/C43H48ClN10O7/c1-28(30-9-6-8-29(20-30)21-34(55)10-7-17-54(2,3)27-31-13-14-45-40(31)53(57)58)52-41-32(26-51(43(52)56)36-22-35(59-4)23-37(60-5)39(36)44)24-47-42(49-41)48-38-12-11-33(25-46-38)50-15-18-61-19-16-50/h6-12,14,20,22-25,28H,13,15-19,21,26-27H2,1-5H3,(H,46,47,48,49)/q+1/b10-7+. The number of carbonyl (C=O) groups is 2. The minimum atomic E-state index is -0.573. The molecule has 1 atom stereocenters. The molecular formula is C43H48ClN10O7+. The van der Waals surface area contributed by atoms with Crippen molar-refractivity contribution in [3.8, 4) is 11.5 Å². The molecule has 1 N–H and O–H groups in total. The first-order chi connectivity index (χ1) is 29.3. The quantitative estimate of drug-likeness (QED) is 0.0558. The average molecular weight is 852 g/mol. The molecule has 5 heterocycles. The van der Waals surface area contributed by atoms with E-state index in [0.29, 0.717) is 77.2 Å². The number of aromatic nitrogens is 3. The number of aliphatic imine (C=N–C) groups is 1. The van der Waals surface area contributed by atoms with E-state index in [2.05, 4.69) is 25.2 Å². The zero-order chi connectivity index (χ0) is 43.3. The first-order valence-electron chi connectivity index (χ1n) is 19.8. The lowest BCUT2D eigenvalue weighted by atomic mass is 10.00. The number of nitrogens with one attached hydrogen (secondary N) is 1. The van der Waals surface area contributed by atoms with E-state index in [-0.39, 0.29) is 35.5 Å². The summed E-state index contributed by atoms with van der Waals surface area (Å²) in [7, 11) is 6.92. The van der Waals surface area contributed by atoms with Gasteiger partial charge in [-0.3, -0.25) is 14.6 Å². The van der Waals surface area contributed by atoms with Crippen LogP contribution in [0.15, 0.2) is 89.5 Å². The number of rotatable bonds is 16. The van der Waals surface area contributed by atoms with Gasteiger partial charge in [-0.05, 0) is 47.3 Å². The number of carbonyl (C=O) groups excluding carboxylic acids is 2. The molecule has 0 spiro atoms. The van der Waals surface area contributed by atoms with E-state index in [4.69, 9.17) is 30.8 Å². The molecule has 1 unspecified atom stereocenters. The number of halogens is 1. The maximum absolute atomic E-state index is 14.8. The van der Waals surface area contributed by atoms with Crippen LogP contribution in [0, 0.1) is 10.1 Å². The largest absolute Gasteiger partial charge is 0.497 e. The van der Waals surface area contributed by atoms with Gasteiger partial charge in [0.1, 0.15) is 40.9 Å². The lowest BCUT2D eigenvalue weighted by Gasteiger charge is -2.39. The number of benzene rings is 2. The zero-order valence-corrected chi connectivity index (χ0v) is 35.5. The van der Waals surface area contributed by atoms with Crippen LogP contribution in [0.3, 0.4) is 0 Å². The molecule has 1 fully saturated rings. The minimum Gasteiger partial charge on any atom is -0.497 e. The van der Waals surface area contributed by atoms with Crippen molar-refractivity contribution in [3.05, 3.63) is 116 Å². The molecular weight excluding hydrogens is 804 g/mol. The second-order valence-electron chi connectivity index (χ2n) is 15.5. The third-order valence-electron chi connectivity index (χ3n) is 10.7. The summed E-state index contributed by atoms with van der Waals surface area (Å²) in [6.07, 6.45) is 8.94. The molecule has 61 heavy (non-hydrogen) atoms. The van der Waals surface area contributed by atoms with E-state index in [1.807, 2.05) is 57.4 Å². The summed E-state index contributed by atoms with van der Waals surface area (Å²) in [4.78, 5) is 62.4. The van der Waals surface area contributed by atoms with Crippen molar-refractivity contribution in [1.82, 2.24) is 15.0 Å². The summed E-state index contributed by atoms with van der Waals surface area (Å²) in [5.41, 5.74) is 4.22. The molecule has 318 valence electrons. The van der Waals surface area contributed by atoms with E-state index in [1.54, 1.807) is 52.7 Å². The van der Waals surface area contributed by atoms with E-state index >= 15 is 0 Å². The summed E-state index contributed by atoms with van der Waals surface area (Å²) in [6, 6.07) is 13.8. The second-order valence-corrected chi connectivity index (χ2v) is 15.9. The van der Waals surface area contributed by atoms with Crippen molar-refractivity contribution >= 4 is 58.6 Å². The molecule has 0 aliphatic carbocycles. The van der Waals surface area contributed by atoms with E-state index in [0.717, 1.165) is 29.9 Å². The van der Waals surface area contributed by atoms with Crippen LogP contribution in [0.4, 0.5) is 33.8 Å². The highest BCUT2D eigenvalue weighted by Gasteiger charge is 2.38. The highest BCUT2D eigenvalue weighted by atomic mass is 35.5. The Kier molecular flexibility index (Phi) is 12.9. The summed E-state index contributed by atoms with van der Waals surface area (Å²) in [5.74, 6) is 1.78. The van der Waals surface area contributed by atoms with Crippen LogP contribution in [0.5, 0.6) is 11.5 Å². The van der Waals surface area contributed by atoms with Gasteiger partial charge in [-0.25, -0.2) is 14.8 Å². The van der Waals surface area contributed by atoms with Gasteiger partial charge in [0.15, 0.2) is 5.78 Å². The van der Waals surface area contributed by atoms with Crippen molar-refractivity contribution in [2.24, 2.45) is 4.99 Å². The second kappa shape index (κ2) is 18.5. The molecule has 3 aliphatic heterocycles. The number of fused-ring (bicyclic) bond motifs is 1. The van der Waals surface area contributed by atoms with Crippen molar-refractivity contribution in [3.63, 3.8) is 0 Å². The molecule has 3 aliphatic rings. The number of likely N-dealkylation sites (N-methyl/N-ethyl adjacent to an activating group) is 1. The molecule has 7 rings (SSSR count). The Hall–Kier alpha value is -6.43. The first-order valence-corrected chi connectivity index (χ1v) is 20.1. The van der Waals surface area contributed by atoms with Gasteiger partial charge in [0, 0.05) is 49.8 Å². The number of hydrogen-bond acceptors (Lipinski definition) is 13. The maximum Gasteiger partial charge on any atom is 0.368 e. The molecule has 0 saturated carbocycles. The number of anilines is 5. The molecule has 2 aromatic carbocycles. The fourth-order valence-corrected chi connectivity index (χ4v) is 7.83. The number of allylic oxidation sites excluding steroid dienone is 1. The first kappa shape index (κ1) is 42.7. The summed E-state index contributed by atoms with van der Waals surface area (Å²) in [5, 5.41) is 14.8. The number of urea groups is 1. The normalized spacial score (nSPS) is 16.0. The number of hydrogen-bond donors (Lipinski definition) is 1. The molecule has 2 aromatic heterocycles. The number of ketones is 1. The van der Waals surface area contributed by atoms with Gasteiger partial charge in [0.2, 0.25) is 5.95 Å². The third-order valence-corrected chi connectivity index (χ3v) is 11.1. The lowest BCUT2D eigenvalue weighted by molar-refractivity contribution is -0.880. The Morgan fingerprint density at radius 2 is 1.90 bits per heavy atom. The summed E-state index contributed by atoms with van der Waals surface area (Å²) < 4.78 is 17.0. The molecule has 4 aromatic rings. The van der Waals surface area contributed by atoms with Crippen LogP contribution in [-0.4, -0.2) is 110 Å². The van der Waals surface area contributed by atoms with Crippen LogP contribution in [0.1, 0.15) is 36.1 Å². The Balaban J connectivity index is 1.14. The summed E-state index contributed by atoms with van der Waals surface area (Å²) >= 11 is 6.85. The number of ether oxygens (including phenoxy) is 3. The highest BCUT2D eigenvalue weighted by Crippen LogP contribution is 2.43. The average Bonchev–Trinajstić information content (AvgIpc) is 3.72. The monoisotopic (exact) mass is 851 g/mol. The minimum absolute atomic E-state index is 0.0977. The Morgan fingerprint density at radius 3 is 2.62 bits per heavy atom. The van der Waals surface area contributed by atoms with Crippen molar-refractivity contribution < 1.29 is 33.2 Å². The fraction of sp³-hybridized carbons (Fsp3) is 0.349. The molecule has 1 saturated heterocycles. The Bertz CT molecular complexity index is 2400. The predicted molar refractivity (Wildman–Crippen MR) is 233 cm³/mol. The Labute approximate surface area is 358 Å². The van der Waals surface area contributed by atoms with Crippen molar-refractivity contribution in [1.29, 1.82) is 0 Å². The number of amides is 2. The molecule has 2 amide bonds. The number of nitro groups is 1. The predicted octanol–water partition coefficient (Wildman–Crippen LogP) is 6.54. The Morgan fingerprint density at radius 1 is 1.10 bits per heavy atom. The van der Waals surface area contributed by atoms with Crippen LogP contribution in [0.25, 0.3) is 0 Å². The molecule has 0 bridgehead atoms. The van der Waals surface area contributed by atoms with Crippen molar-refractivity contribution in [2.75, 3.05) is 87.7 Å². The van der Waals surface area contributed by atoms with E-state index < -0.39 is 17.0 Å². The van der Waals surface area contributed by atoms with E-state index in [9.17, 15) is 19.7 Å². The van der Waals surface area contributed by atoms with E-state index in [1.165, 1.54) is 14.2 Å². The molecule has 17 nitrogen and oxygen atoms in total. The maximum atomic E-state index is 14.8. The van der Waals surface area contributed by atoms with Crippen LogP contribution in [0.2, 0.25) is 5.02 Å².